The van der Waals surface area contributed by atoms with Crippen molar-refractivity contribution in [2.45, 2.75) is 39.2 Å². The van der Waals surface area contributed by atoms with E-state index in [2.05, 4.69) is 18.7 Å². The van der Waals surface area contributed by atoms with Gasteiger partial charge in [-0.3, -0.25) is 0 Å². The number of likely N-dealkylation sites (tertiary alicyclic amines) is 1. The lowest BCUT2D eigenvalue weighted by molar-refractivity contribution is 0.106. The third kappa shape index (κ3) is 4.68. The molecule has 21 heavy (non-hydrogen) atoms. The normalized spacial score (nSPS) is 23.0. The number of hydrogen-bond acceptors (Lipinski definition) is 3. The fourth-order valence-electron chi connectivity index (χ4n) is 2.93. The molecule has 2 unspecified atom stereocenters. The number of thiocarbonyl (C=S) groups is 1. The van der Waals surface area contributed by atoms with Gasteiger partial charge in [-0.05, 0) is 50.8 Å². The van der Waals surface area contributed by atoms with Crippen LogP contribution in [0, 0.1) is 5.92 Å². The van der Waals surface area contributed by atoms with Gasteiger partial charge in [0.2, 0.25) is 0 Å². The van der Waals surface area contributed by atoms with Crippen LogP contribution < -0.4 is 10.5 Å². The van der Waals surface area contributed by atoms with E-state index in [0.717, 1.165) is 36.8 Å². The van der Waals surface area contributed by atoms with Gasteiger partial charge in [-0.1, -0.05) is 31.3 Å². The Morgan fingerprint density at radius 2 is 2.24 bits per heavy atom. The highest BCUT2D eigenvalue weighted by molar-refractivity contribution is 7.80. The summed E-state index contributed by atoms with van der Waals surface area (Å²) >= 11 is 4.98. The molecule has 2 N–H and O–H groups in total. The molecule has 0 aromatic heterocycles. The third-order valence-corrected chi connectivity index (χ3v) is 4.72. The van der Waals surface area contributed by atoms with Gasteiger partial charge in [0, 0.05) is 18.2 Å². The molecule has 1 aliphatic rings. The molecule has 4 heteroatoms. The summed E-state index contributed by atoms with van der Waals surface area (Å²) in [5.74, 6) is 1.65. The zero-order chi connectivity index (χ0) is 15.2. The van der Waals surface area contributed by atoms with Crippen LogP contribution in [0.1, 0.15) is 38.7 Å². The highest BCUT2D eigenvalue weighted by atomic mass is 32.1. The Bertz CT molecular complexity index is 478. The summed E-state index contributed by atoms with van der Waals surface area (Å²) in [7, 11) is 0. The minimum Gasteiger partial charge on any atom is -0.494 e. The zero-order valence-electron chi connectivity index (χ0n) is 13.0. The van der Waals surface area contributed by atoms with E-state index in [1.807, 2.05) is 24.3 Å². The summed E-state index contributed by atoms with van der Waals surface area (Å²) in [4.78, 5) is 3.00. The van der Waals surface area contributed by atoms with E-state index in [4.69, 9.17) is 22.7 Å². The Kier molecular flexibility index (Phi) is 6.00. The molecule has 0 spiro atoms. The average Bonchev–Trinajstić information content (AvgIpc) is 2.48. The molecule has 1 aliphatic heterocycles. The molecular formula is C17H26N2OS. The second-order valence-corrected chi connectivity index (χ2v) is 6.43. The molecule has 1 aromatic rings. The predicted molar refractivity (Wildman–Crippen MR) is 91.9 cm³/mol. The zero-order valence-corrected chi connectivity index (χ0v) is 13.9. The van der Waals surface area contributed by atoms with Crippen molar-refractivity contribution >= 4 is 17.2 Å². The van der Waals surface area contributed by atoms with Crippen molar-refractivity contribution in [3.63, 3.8) is 0 Å². The van der Waals surface area contributed by atoms with Gasteiger partial charge in [0.25, 0.3) is 0 Å². The standard InChI is InChI=1S/C17H26N2OS/c1-13-6-4-9-19(14(13)2)10-5-11-20-16-8-3-7-15(12-16)17(18)21/h3,7-8,12-14H,4-6,9-11H2,1-2H3,(H2,18,21). The summed E-state index contributed by atoms with van der Waals surface area (Å²) in [5, 5.41) is 0. The van der Waals surface area contributed by atoms with Crippen LogP contribution in [0.5, 0.6) is 5.75 Å². The molecule has 2 rings (SSSR count). The fourth-order valence-corrected chi connectivity index (χ4v) is 3.06. The smallest absolute Gasteiger partial charge is 0.119 e. The molecule has 1 fully saturated rings. The molecule has 0 bridgehead atoms. The van der Waals surface area contributed by atoms with Crippen LogP contribution in [0.15, 0.2) is 24.3 Å². The highest BCUT2D eigenvalue weighted by Gasteiger charge is 2.23. The van der Waals surface area contributed by atoms with Crippen molar-refractivity contribution in [3.8, 4) is 5.75 Å². The molecule has 1 saturated heterocycles. The van der Waals surface area contributed by atoms with Crippen molar-refractivity contribution < 1.29 is 4.74 Å². The molecule has 0 radical (unpaired) electrons. The average molecular weight is 306 g/mol. The van der Waals surface area contributed by atoms with E-state index >= 15 is 0 Å². The second kappa shape index (κ2) is 7.76. The van der Waals surface area contributed by atoms with Crippen LogP contribution in [-0.2, 0) is 0 Å². The van der Waals surface area contributed by atoms with Gasteiger partial charge in [-0.15, -0.1) is 0 Å². The van der Waals surface area contributed by atoms with Crippen molar-refractivity contribution in [2.75, 3.05) is 19.7 Å². The Labute approximate surface area is 133 Å². The lowest BCUT2D eigenvalue weighted by atomic mass is 9.92. The number of ether oxygens (including phenoxy) is 1. The first kappa shape index (κ1) is 16.2. The van der Waals surface area contributed by atoms with E-state index < -0.39 is 0 Å². The van der Waals surface area contributed by atoms with Gasteiger partial charge in [0.1, 0.15) is 10.7 Å². The molecular weight excluding hydrogens is 280 g/mol. The monoisotopic (exact) mass is 306 g/mol. The lowest BCUT2D eigenvalue weighted by Gasteiger charge is -2.37. The molecule has 1 heterocycles. The maximum absolute atomic E-state index is 5.81. The van der Waals surface area contributed by atoms with Crippen LogP contribution in [-0.4, -0.2) is 35.6 Å². The van der Waals surface area contributed by atoms with Gasteiger partial charge >= 0.3 is 0 Å². The van der Waals surface area contributed by atoms with Gasteiger partial charge in [-0.25, -0.2) is 0 Å². The summed E-state index contributed by atoms with van der Waals surface area (Å²) in [6.07, 6.45) is 3.73. The Balaban J connectivity index is 1.74. The minimum absolute atomic E-state index is 0.413. The number of hydrogen-bond donors (Lipinski definition) is 1. The van der Waals surface area contributed by atoms with Crippen molar-refractivity contribution in [1.29, 1.82) is 0 Å². The SMILES string of the molecule is CC1CCCN(CCCOc2cccc(C(N)=S)c2)C1C. The van der Waals surface area contributed by atoms with Crippen LogP contribution in [0.4, 0.5) is 0 Å². The molecule has 0 amide bonds. The number of rotatable bonds is 6. The van der Waals surface area contributed by atoms with Crippen LogP contribution in [0.25, 0.3) is 0 Å². The number of nitrogens with two attached hydrogens (primary N) is 1. The van der Waals surface area contributed by atoms with Crippen LogP contribution in [0.3, 0.4) is 0 Å². The topological polar surface area (TPSA) is 38.5 Å². The van der Waals surface area contributed by atoms with Gasteiger partial charge in [-0.2, -0.15) is 0 Å². The third-order valence-electron chi connectivity index (χ3n) is 4.48. The first-order valence-corrected chi connectivity index (χ1v) is 8.25. The molecule has 2 atom stereocenters. The van der Waals surface area contributed by atoms with Crippen molar-refractivity contribution in [1.82, 2.24) is 4.90 Å². The maximum atomic E-state index is 5.81. The summed E-state index contributed by atoms with van der Waals surface area (Å²) in [6.45, 7) is 7.77. The first-order valence-electron chi connectivity index (χ1n) is 7.84. The number of piperidine rings is 1. The van der Waals surface area contributed by atoms with Gasteiger partial charge < -0.3 is 15.4 Å². The molecule has 0 aliphatic carbocycles. The van der Waals surface area contributed by atoms with E-state index in [1.165, 1.54) is 19.4 Å². The van der Waals surface area contributed by atoms with Gasteiger partial charge in [0.15, 0.2) is 0 Å². The Morgan fingerprint density at radius 3 is 3.00 bits per heavy atom. The lowest BCUT2D eigenvalue weighted by Crippen LogP contribution is -2.43. The first-order chi connectivity index (χ1) is 10.1. The highest BCUT2D eigenvalue weighted by Crippen LogP contribution is 2.22. The van der Waals surface area contributed by atoms with Crippen LogP contribution >= 0.6 is 12.2 Å². The largest absolute Gasteiger partial charge is 0.494 e. The van der Waals surface area contributed by atoms with Gasteiger partial charge in [0.05, 0.1) is 6.61 Å². The number of nitrogens with zero attached hydrogens (tertiary/aromatic N) is 1. The summed E-state index contributed by atoms with van der Waals surface area (Å²) in [6, 6.07) is 8.39. The van der Waals surface area contributed by atoms with E-state index in [1.54, 1.807) is 0 Å². The molecule has 116 valence electrons. The minimum atomic E-state index is 0.413. The second-order valence-electron chi connectivity index (χ2n) is 5.99. The maximum Gasteiger partial charge on any atom is 0.119 e. The summed E-state index contributed by atoms with van der Waals surface area (Å²) < 4.78 is 5.81. The number of benzene rings is 1. The molecule has 3 nitrogen and oxygen atoms in total. The molecule has 0 saturated carbocycles. The van der Waals surface area contributed by atoms with Crippen molar-refractivity contribution in [3.05, 3.63) is 29.8 Å². The molecule has 1 aromatic carbocycles. The van der Waals surface area contributed by atoms with E-state index in [9.17, 15) is 0 Å². The predicted octanol–water partition coefficient (Wildman–Crippen LogP) is 3.21. The quantitative estimate of drug-likeness (QED) is 0.647. The summed E-state index contributed by atoms with van der Waals surface area (Å²) in [5.41, 5.74) is 6.49. The fraction of sp³-hybridized carbons (Fsp3) is 0.588. The van der Waals surface area contributed by atoms with Crippen LogP contribution in [0.2, 0.25) is 0 Å². The Morgan fingerprint density at radius 1 is 1.43 bits per heavy atom. The van der Waals surface area contributed by atoms with E-state index in [0.29, 0.717) is 11.0 Å². The Hall–Kier alpha value is -1.13. The van der Waals surface area contributed by atoms with E-state index in [-0.39, 0.29) is 0 Å². The van der Waals surface area contributed by atoms with Crippen molar-refractivity contribution in [2.24, 2.45) is 11.7 Å².